The van der Waals surface area contributed by atoms with Crippen molar-refractivity contribution in [2.75, 3.05) is 7.05 Å². The van der Waals surface area contributed by atoms with Gasteiger partial charge in [0.15, 0.2) is 0 Å². The topological polar surface area (TPSA) is 75.3 Å². The number of halogens is 1. The molecule has 0 fully saturated rings. The van der Waals surface area contributed by atoms with Crippen LogP contribution in [-0.4, -0.2) is 27.4 Å². The van der Waals surface area contributed by atoms with E-state index in [9.17, 15) is 13.2 Å². The van der Waals surface area contributed by atoms with E-state index >= 15 is 0 Å². The van der Waals surface area contributed by atoms with Gasteiger partial charge < -0.3 is 5.32 Å². The van der Waals surface area contributed by atoms with Gasteiger partial charge in [-0.3, -0.25) is 4.79 Å². The third-order valence-corrected chi connectivity index (χ3v) is 4.10. The Morgan fingerprint density at radius 3 is 2.44 bits per heavy atom. The number of hydrogen-bond donors (Lipinski definition) is 2. The summed E-state index contributed by atoms with van der Waals surface area (Å²) in [5, 5.41) is 2.61. The van der Waals surface area contributed by atoms with Gasteiger partial charge in [0, 0.05) is 13.1 Å². The van der Waals surface area contributed by atoms with Gasteiger partial charge in [-0.15, -0.1) is 0 Å². The number of sulfonamides is 1. The van der Waals surface area contributed by atoms with Gasteiger partial charge in [-0.25, -0.2) is 13.1 Å². The molecular weight excluding hydrogens is 276 g/mol. The predicted molar refractivity (Wildman–Crippen MR) is 70.3 cm³/mol. The van der Waals surface area contributed by atoms with Crippen LogP contribution in [0.2, 0.25) is 5.02 Å². The minimum Gasteiger partial charge on any atom is -0.355 e. The highest BCUT2D eigenvalue weighted by molar-refractivity contribution is 7.89. The number of rotatable bonds is 4. The second kappa shape index (κ2) is 5.69. The number of benzene rings is 1. The summed E-state index contributed by atoms with van der Waals surface area (Å²) in [6, 6.07) is 3.78. The Hall–Kier alpha value is -1.11. The molecule has 18 heavy (non-hydrogen) atoms. The molecule has 1 rings (SSSR count). The fraction of sp³-hybridized carbons (Fsp3) is 0.364. The Bertz CT molecular complexity index is 555. The normalized spacial score (nSPS) is 11.6. The zero-order valence-electron chi connectivity index (χ0n) is 10.3. The van der Waals surface area contributed by atoms with E-state index in [-0.39, 0.29) is 21.5 Å². The van der Waals surface area contributed by atoms with E-state index in [1.165, 1.54) is 25.2 Å². The van der Waals surface area contributed by atoms with Crippen molar-refractivity contribution in [1.29, 1.82) is 0 Å². The molecule has 1 aromatic carbocycles. The zero-order chi connectivity index (χ0) is 13.9. The molecule has 0 saturated carbocycles. The van der Waals surface area contributed by atoms with Crippen LogP contribution < -0.4 is 10.0 Å². The SMILES string of the molecule is CNC(=O)c1cc(S(=O)(=O)NC(C)C)ccc1Cl. The van der Waals surface area contributed by atoms with Crippen molar-refractivity contribution in [3.8, 4) is 0 Å². The molecule has 0 aliphatic carbocycles. The lowest BCUT2D eigenvalue weighted by atomic mass is 10.2. The van der Waals surface area contributed by atoms with Crippen LogP contribution in [0.4, 0.5) is 0 Å². The molecular formula is C11H15ClN2O3S. The van der Waals surface area contributed by atoms with Crippen LogP contribution in [-0.2, 0) is 10.0 Å². The molecule has 0 radical (unpaired) electrons. The van der Waals surface area contributed by atoms with Gasteiger partial charge in [0.25, 0.3) is 5.91 Å². The van der Waals surface area contributed by atoms with Gasteiger partial charge in [-0.2, -0.15) is 0 Å². The van der Waals surface area contributed by atoms with Gasteiger partial charge in [0.05, 0.1) is 15.5 Å². The zero-order valence-corrected chi connectivity index (χ0v) is 11.9. The van der Waals surface area contributed by atoms with Crippen molar-refractivity contribution in [1.82, 2.24) is 10.0 Å². The van der Waals surface area contributed by atoms with Crippen LogP contribution >= 0.6 is 11.6 Å². The van der Waals surface area contributed by atoms with E-state index in [4.69, 9.17) is 11.6 Å². The summed E-state index contributed by atoms with van der Waals surface area (Å²) >= 11 is 5.85. The van der Waals surface area contributed by atoms with E-state index in [0.29, 0.717) is 0 Å². The molecule has 0 aliphatic rings. The van der Waals surface area contributed by atoms with Crippen molar-refractivity contribution in [2.24, 2.45) is 0 Å². The molecule has 1 aromatic rings. The highest BCUT2D eigenvalue weighted by Gasteiger charge is 2.18. The molecule has 0 saturated heterocycles. The predicted octanol–water partition coefficient (Wildman–Crippen LogP) is 1.39. The largest absolute Gasteiger partial charge is 0.355 e. The van der Waals surface area contributed by atoms with Gasteiger partial charge in [0.1, 0.15) is 0 Å². The number of carbonyl (C=O) groups excluding carboxylic acids is 1. The number of hydrogen-bond acceptors (Lipinski definition) is 3. The standard InChI is InChI=1S/C11H15ClN2O3S/c1-7(2)14-18(16,17)8-4-5-10(12)9(6-8)11(15)13-3/h4-7,14H,1-3H3,(H,13,15). The summed E-state index contributed by atoms with van der Waals surface area (Å²) in [5.74, 6) is -0.429. The van der Waals surface area contributed by atoms with Crippen LogP contribution in [0.1, 0.15) is 24.2 Å². The lowest BCUT2D eigenvalue weighted by Crippen LogP contribution is -2.30. The van der Waals surface area contributed by atoms with Crippen LogP contribution in [0, 0.1) is 0 Å². The van der Waals surface area contributed by atoms with Crippen molar-refractivity contribution in [3.63, 3.8) is 0 Å². The van der Waals surface area contributed by atoms with Crippen LogP contribution in [0.3, 0.4) is 0 Å². The quantitative estimate of drug-likeness (QED) is 0.880. The van der Waals surface area contributed by atoms with Crippen LogP contribution in [0.15, 0.2) is 23.1 Å². The molecule has 5 nitrogen and oxygen atoms in total. The van der Waals surface area contributed by atoms with E-state index in [2.05, 4.69) is 10.0 Å². The maximum atomic E-state index is 11.9. The highest BCUT2D eigenvalue weighted by Crippen LogP contribution is 2.20. The van der Waals surface area contributed by atoms with Gasteiger partial charge in [0.2, 0.25) is 10.0 Å². The third kappa shape index (κ3) is 3.44. The second-order valence-electron chi connectivity index (χ2n) is 4.00. The maximum absolute atomic E-state index is 11.9. The van der Waals surface area contributed by atoms with Crippen molar-refractivity contribution >= 4 is 27.5 Å². The second-order valence-corrected chi connectivity index (χ2v) is 6.12. The third-order valence-electron chi connectivity index (χ3n) is 2.11. The van der Waals surface area contributed by atoms with E-state index in [0.717, 1.165) is 0 Å². The fourth-order valence-electron chi connectivity index (χ4n) is 1.36. The Kier molecular flexibility index (Phi) is 4.72. The van der Waals surface area contributed by atoms with Crippen LogP contribution in [0.25, 0.3) is 0 Å². The molecule has 0 aliphatic heterocycles. The van der Waals surface area contributed by atoms with E-state index in [1.54, 1.807) is 13.8 Å². The van der Waals surface area contributed by atoms with Crippen molar-refractivity contribution in [3.05, 3.63) is 28.8 Å². The summed E-state index contributed by atoms with van der Waals surface area (Å²) in [6.07, 6.45) is 0. The molecule has 0 spiro atoms. The minimum absolute atomic E-state index is 0.0131. The average Bonchev–Trinajstić information content (AvgIpc) is 2.26. The first kappa shape index (κ1) is 14.9. The first-order chi connectivity index (χ1) is 8.27. The van der Waals surface area contributed by atoms with Gasteiger partial charge in [-0.1, -0.05) is 11.6 Å². The highest BCUT2D eigenvalue weighted by atomic mass is 35.5. The van der Waals surface area contributed by atoms with Gasteiger partial charge >= 0.3 is 0 Å². The molecule has 0 bridgehead atoms. The lowest BCUT2D eigenvalue weighted by Gasteiger charge is -2.11. The Labute approximate surface area is 112 Å². The molecule has 0 heterocycles. The Balaban J connectivity index is 3.24. The molecule has 0 unspecified atom stereocenters. The maximum Gasteiger partial charge on any atom is 0.252 e. The number of amides is 1. The van der Waals surface area contributed by atoms with Crippen molar-refractivity contribution < 1.29 is 13.2 Å². The first-order valence-corrected chi connectivity index (χ1v) is 7.18. The molecule has 0 aromatic heterocycles. The number of nitrogens with one attached hydrogen (secondary N) is 2. The summed E-state index contributed by atoms with van der Waals surface area (Å²) in [4.78, 5) is 11.5. The number of carbonyl (C=O) groups is 1. The van der Waals surface area contributed by atoms with Crippen molar-refractivity contribution in [2.45, 2.75) is 24.8 Å². The summed E-state index contributed by atoms with van der Waals surface area (Å²) in [6.45, 7) is 3.43. The van der Waals surface area contributed by atoms with Crippen LogP contribution in [0.5, 0.6) is 0 Å². The Morgan fingerprint density at radius 2 is 1.94 bits per heavy atom. The summed E-state index contributed by atoms with van der Waals surface area (Å²) < 4.78 is 26.3. The molecule has 0 atom stereocenters. The summed E-state index contributed by atoms with van der Waals surface area (Å²) in [5.41, 5.74) is 0.130. The monoisotopic (exact) mass is 290 g/mol. The average molecular weight is 291 g/mol. The smallest absolute Gasteiger partial charge is 0.252 e. The van der Waals surface area contributed by atoms with E-state index < -0.39 is 15.9 Å². The molecule has 2 N–H and O–H groups in total. The minimum atomic E-state index is -3.63. The van der Waals surface area contributed by atoms with Gasteiger partial charge in [-0.05, 0) is 32.0 Å². The van der Waals surface area contributed by atoms with E-state index in [1.807, 2.05) is 0 Å². The molecule has 100 valence electrons. The first-order valence-electron chi connectivity index (χ1n) is 5.32. The molecule has 7 heteroatoms. The fourth-order valence-corrected chi connectivity index (χ4v) is 2.84. The molecule has 1 amide bonds. The summed E-state index contributed by atoms with van der Waals surface area (Å²) in [7, 11) is -2.18. The Morgan fingerprint density at radius 1 is 1.33 bits per heavy atom. The lowest BCUT2D eigenvalue weighted by molar-refractivity contribution is 0.0963.